The number of allylic oxidation sites excluding steroid dienone is 16. The fourth-order valence-corrected chi connectivity index (χ4v) is 7.11. The molecule has 370 valence electrons. The van der Waals surface area contributed by atoms with Gasteiger partial charge < -0.3 is 14.2 Å². The molecule has 6 heteroatoms. The number of carbonyl (C=O) groups excluding carboxylic acids is 3. The first-order valence-electron chi connectivity index (χ1n) is 26.8. The van der Waals surface area contributed by atoms with Crippen LogP contribution in [0.4, 0.5) is 0 Å². The first kappa shape index (κ1) is 61.3. The Balaban J connectivity index is 4.43. The van der Waals surface area contributed by atoms with Crippen molar-refractivity contribution in [3.05, 3.63) is 97.2 Å². The van der Waals surface area contributed by atoms with E-state index in [0.29, 0.717) is 19.3 Å². The second kappa shape index (κ2) is 52.9. The van der Waals surface area contributed by atoms with Gasteiger partial charge in [-0.15, -0.1) is 0 Å². The lowest BCUT2D eigenvalue weighted by molar-refractivity contribution is -0.167. The van der Waals surface area contributed by atoms with E-state index in [2.05, 4.69) is 118 Å². The Hall–Kier alpha value is -3.67. The van der Waals surface area contributed by atoms with Crippen molar-refractivity contribution in [2.24, 2.45) is 0 Å². The van der Waals surface area contributed by atoms with Gasteiger partial charge in [0.2, 0.25) is 0 Å². The highest BCUT2D eigenvalue weighted by molar-refractivity contribution is 5.71. The number of esters is 3. The average molecular weight is 903 g/mol. The van der Waals surface area contributed by atoms with E-state index in [-0.39, 0.29) is 31.1 Å². The first-order valence-corrected chi connectivity index (χ1v) is 26.8. The topological polar surface area (TPSA) is 78.9 Å². The third-order valence-electron chi connectivity index (χ3n) is 11.1. The summed E-state index contributed by atoms with van der Waals surface area (Å²) in [5, 5.41) is 0. The summed E-state index contributed by atoms with van der Waals surface area (Å²) in [5.74, 6) is -0.947. The molecule has 0 saturated heterocycles. The Morgan fingerprint density at radius 2 is 0.646 bits per heavy atom. The molecule has 0 aliphatic carbocycles. The molecule has 0 rings (SSSR count). The molecule has 65 heavy (non-hydrogen) atoms. The van der Waals surface area contributed by atoms with E-state index in [4.69, 9.17) is 14.2 Å². The van der Waals surface area contributed by atoms with Crippen molar-refractivity contribution in [2.45, 2.75) is 245 Å². The molecule has 1 unspecified atom stereocenters. The minimum atomic E-state index is -0.801. The fraction of sp³-hybridized carbons (Fsp3) is 0.678. The Morgan fingerprint density at radius 3 is 1.03 bits per heavy atom. The van der Waals surface area contributed by atoms with E-state index in [9.17, 15) is 14.4 Å². The molecule has 0 aliphatic heterocycles. The highest BCUT2D eigenvalue weighted by Gasteiger charge is 2.19. The van der Waals surface area contributed by atoms with Crippen LogP contribution < -0.4 is 0 Å². The van der Waals surface area contributed by atoms with Gasteiger partial charge in [0.05, 0.1) is 0 Å². The van der Waals surface area contributed by atoms with Crippen LogP contribution in [0.2, 0.25) is 0 Å². The molecule has 1 atom stereocenters. The maximum Gasteiger partial charge on any atom is 0.306 e. The molecule has 0 N–H and O–H groups in total. The lowest BCUT2D eigenvalue weighted by atomic mass is 10.1. The predicted molar refractivity (Wildman–Crippen MR) is 279 cm³/mol. The van der Waals surface area contributed by atoms with Crippen molar-refractivity contribution in [3.63, 3.8) is 0 Å². The van der Waals surface area contributed by atoms with Crippen LogP contribution >= 0.6 is 0 Å². The third kappa shape index (κ3) is 51.2. The van der Waals surface area contributed by atoms with Gasteiger partial charge >= 0.3 is 17.9 Å². The van der Waals surface area contributed by atoms with Crippen molar-refractivity contribution >= 4 is 17.9 Å². The molecule has 0 fully saturated rings. The summed E-state index contributed by atoms with van der Waals surface area (Å²) in [7, 11) is 0. The van der Waals surface area contributed by atoms with Crippen molar-refractivity contribution in [3.8, 4) is 0 Å². The van der Waals surface area contributed by atoms with Gasteiger partial charge in [-0.1, -0.05) is 208 Å². The van der Waals surface area contributed by atoms with Gasteiger partial charge in [-0.2, -0.15) is 0 Å². The zero-order chi connectivity index (χ0) is 47.2. The van der Waals surface area contributed by atoms with Crippen LogP contribution in [-0.4, -0.2) is 37.2 Å². The minimum Gasteiger partial charge on any atom is -0.462 e. The molecular weight excluding hydrogens is 805 g/mol. The van der Waals surface area contributed by atoms with Crippen LogP contribution in [0.25, 0.3) is 0 Å². The Morgan fingerprint density at radius 1 is 0.338 bits per heavy atom. The molecule has 0 amide bonds. The van der Waals surface area contributed by atoms with Crippen LogP contribution in [0.3, 0.4) is 0 Å². The lowest BCUT2D eigenvalue weighted by Gasteiger charge is -2.18. The molecule has 0 bridgehead atoms. The highest BCUT2D eigenvalue weighted by atomic mass is 16.6. The number of hydrogen-bond acceptors (Lipinski definition) is 6. The monoisotopic (exact) mass is 903 g/mol. The highest BCUT2D eigenvalue weighted by Crippen LogP contribution is 2.14. The van der Waals surface area contributed by atoms with Gasteiger partial charge in [0, 0.05) is 19.3 Å². The van der Waals surface area contributed by atoms with Crippen LogP contribution in [0.15, 0.2) is 97.2 Å². The standard InChI is InChI=1S/C59H98O6/c1-4-7-10-13-16-19-22-25-28-29-30-31-32-35-37-40-43-46-49-52-58(61)64-55-56(65-59(62)53-50-47-44-41-38-34-27-24-21-18-15-12-9-6-3)54-63-57(60)51-48-45-42-39-36-33-26-23-20-17-14-11-8-5-2/h8-9,11-12,16-22,25-27,33-34,56H,4-7,10,13-15,23-24,28-32,35-55H2,1-3H3/b11-8-,12-9-,19-16-,20-17-,21-18-,25-22-,33-26-,34-27-. The van der Waals surface area contributed by atoms with Gasteiger partial charge in [-0.3, -0.25) is 14.4 Å². The smallest absolute Gasteiger partial charge is 0.306 e. The van der Waals surface area contributed by atoms with Gasteiger partial charge in [0.25, 0.3) is 0 Å². The Kier molecular flexibility index (Phi) is 50.0. The molecule has 0 aliphatic rings. The number of rotatable bonds is 47. The van der Waals surface area contributed by atoms with Gasteiger partial charge in [-0.05, 0) is 109 Å². The normalized spacial score (nSPS) is 12.8. The summed E-state index contributed by atoms with van der Waals surface area (Å²) < 4.78 is 16.8. The zero-order valence-corrected chi connectivity index (χ0v) is 42.2. The van der Waals surface area contributed by atoms with E-state index in [0.717, 1.165) is 122 Å². The van der Waals surface area contributed by atoms with E-state index in [1.54, 1.807) is 0 Å². The van der Waals surface area contributed by atoms with Gasteiger partial charge in [0.1, 0.15) is 13.2 Å². The second-order valence-corrected chi connectivity index (χ2v) is 17.4. The van der Waals surface area contributed by atoms with Crippen molar-refractivity contribution in [1.82, 2.24) is 0 Å². The number of carbonyl (C=O) groups is 3. The fourth-order valence-electron chi connectivity index (χ4n) is 7.11. The maximum atomic E-state index is 12.8. The molecular formula is C59H98O6. The van der Waals surface area contributed by atoms with Gasteiger partial charge in [-0.25, -0.2) is 0 Å². The molecule has 6 nitrogen and oxygen atoms in total. The molecule has 0 heterocycles. The summed E-state index contributed by atoms with van der Waals surface area (Å²) in [6, 6.07) is 0. The van der Waals surface area contributed by atoms with E-state index in [1.807, 2.05) is 0 Å². The van der Waals surface area contributed by atoms with E-state index >= 15 is 0 Å². The Bertz CT molecular complexity index is 1310. The average Bonchev–Trinajstić information content (AvgIpc) is 3.30. The number of hydrogen-bond donors (Lipinski definition) is 0. The van der Waals surface area contributed by atoms with Crippen LogP contribution in [0, 0.1) is 0 Å². The molecule has 0 aromatic heterocycles. The van der Waals surface area contributed by atoms with Crippen LogP contribution in [0.5, 0.6) is 0 Å². The number of ether oxygens (including phenoxy) is 3. The minimum absolute atomic E-state index is 0.0967. The predicted octanol–water partition coefficient (Wildman–Crippen LogP) is 17.8. The maximum absolute atomic E-state index is 12.8. The third-order valence-corrected chi connectivity index (χ3v) is 11.1. The summed E-state index contributed by atoms with van der Waals surface area (Å²) >= 11 is 0. The largest absolute Gasteiger partial charge is 0.462 e. The molecule has 0 radical (unpaired) electrons. The Labute approximate surface area is 400 Å². The summed E-state index contributed by atoms with van der Waals surface area (Å²) in [4.78, 5) is 38.0. The summed E-state index contributed by atoms with van der Waals surface area (Å²) in [6.45, 7) is 6.34. The summed E-state index contributed by atoms with van der Waals surface area (Å²) in [5.41, 5.74) is 0. The van der Waals surface area contributed by atoms with Crippen LogP contribution in [0.1, 0.15) is 239 Å². The quantitative estimate of drug-likeness (QED) is 0.0199. The molecule has 0 aromatic rings. The van der Waals surface area contributed by atoms with E-state index < -0.39 is 6.10 Å². The SMILES string of the molecule is CC/C=C\C/C=C\C/C=C\CCCCCCC(=O)OCC(COC(=O)CCCCCCCCCCCC/C=C\C=C/CCCCC)OC(=O)CCCCCC/C=C\C/C=C\C/C=C\CC. The molecule has 0 aromatic carbocycles. The summed E-state index contributed by atoms with van der Waals surface area (Å²) in [6.07, 6.45) is 69.6. The van der Waals surface area contributed by atoms with E-state index in [1.165, 1.54) is 77.0 Å². The number of unbranched alkanes of at least 4 members (excludes halogenated alkanes) is 21. The van der Waals surface area contributed by atoms with Crippen molar-refractivity contribution in [1.29, 1.82) is 0 Å². The lowest BCUT2D eigenvalue weighted by Crippen LogP contribution is -2.30. The van der Waals surface area contributed by atoms with Crippen LogP contribution in [-0.2, 0) is 28.6 Å². The molecule has 0 saturated carbocycles. The molecule has 0 spiro atoms. The van der Waals surface area contributed by atoms with Gasteiger partial charge in [0.15, 0.2) is 6.10 Å². The zero-order valence-electron chi connectivity index (χ0n) is 42.2. The van der Waals surface area contributed by atoms with Crippen molar-refractivity contribution < 1.29 is 28.6 Å². The second-order valence-electron chi connectivity index (χ2n) is 17.4. The van der Waals surface area contributed by atoms with Crippen molar-refractivity contribution in [2.75, 3.05) is 13.2 Å². The first-order chi connectivity index (χ1) is 32.0.